The van der Waals surface area contributed by atoms with Crippen molar-refractivity contribution < 1.29 is 19.0 Å². The second kappa shape index (κ2) is 5.82. The highest BCUT2D eigenvalue weighted by Crippen LogP contribution is 2.44. The van der Waals surface area contributed by atoms with Gasteiger partial charge >= 0.3 is 5.97 Å². The topological polar surface area (TPSA) is 59.4 Å². The molecule has 0 unspecified atom stereocenters. The molecular formula is C11H13ClFNO3. The molecule has 0 aromatic carbocycles. The Kier molecular flexibility index (Phi) is 4.69. The first-order valence-corrected chi connectivity index (χ1v) is 5.14. The van der Waals surface area contributed by atoms with Crippen LogP contribution in [0.1, 0.15) is 34.8 Å². The Morgan fingerprint density at radius 2 is 2.29 bits per heavy atom. The third-order valence-corrected chi connectivity index (χ3v) is 2.47. The number of hydrogen-bond donors (Lipinski definition) is 1. The van der Waals surface area contributed by atoms with Crippen LogP contribution in [0.15, 0.2) is 12.3 Å². The molecule has 1 heterocycles. The molecule has 0 bridgehead atoms. The second-order valence-electron chi connectivity index (χ2n) is 3.72. The number of halogens is 2. The van der Waals surface area contributed by atoms with Crippen LogP contribution < -0.4 is 4.74 Å². The highest BCUT2D eigenvalue weighted by Gasteiger charge is 2.28. The molecule has 94 valence electrons. The first kappa shape index (κ1) is 13.7. The van der Waals surface area contributed by atoms with Gasteiger partial charge in [-0.3, -0.25) is 0 Å². The van der Waals surface area contributed by atoms with E-state index in [2.05, 4.69) is 4.98 Å². The van der Waals surface area contributed by atoms with Crippen LogP contribution in [0.25, 0.3) is 0 Å². The van der Waals surface area contributed by atoms with Gasteiger partial charge in [0.05, 0.1) is 0 Å². The lowest BCUT2D eigenvalue weighted by Crippen LogP contribution is -2.06. The molecular weight excluding hydrogens is 249 g/mol. The number of nitrogens with zero attached hydrogens (tertiary/aromatic N) is 1. The summed E-state index contributed by atoms with van der Waals surface area (Å²) in [6.07, 6.45) is 3.63. The fraction of sp³-hybridized carbons (Fsp3) is 0.455. The third-order valence-electron chi connectivity index (χ3n) is 2.47. The molecule has 1 N–H and O–H groups in total. The van der Waals surface area contributed by atoms with E-state index in [1.165, 1.54) is 12.3 Å². The summed E-state index contributed by atoms with van der Waals surface area (Å²) in [4.78, 5) is 14.6. The maximum atomic E-state index is 12.0. The molecule has 1 aliphatic carbocycles. The molecule has 1 saturated carbocycles. The average Bonchev–Trinajstić information content (AvgIpc) is 3.09. The molecule has 17 heavy (non-hydrogen) atoms. The molecule has 1 aromatic heterocycles. The molecule has 4 nitrogen and oxygen atoms in total. The van der Waals surface area contributed by atoms with Crippen molar-refractivity contribution >= 4 is 18.4 Å². The number of alkyl halides is 1. The number of aromatic nitrogens is 1. The van der Waals surface area contributed by atoms with Crippen LogP contribution >= 0.6 is 12.4 Å². The number of pyridine rings is 1. The molecule has 0 amide bonds. The van der Waals surface area contributed by atoms with Gasteiger partial charge < -0.3 is 9.84 Å². The minimum absolute atomic E-state index is 0. The number of rotatable bonds is 5. The van der Waals surface area contributed by atoms with Crippen molar-refractivity contribution in [3.05, 3.63) is 23.5 Å². The van der Waals surface area contributed by atoms with Gasteiger partial charge in [0.25, 0.3) is 0 Å². The molecule has 1 fully saturated rings. The molecule has 0 saturated heterocycles. The fourth-order valence-electron chi connectivity index (χ4n) is 1.54. The Bertz CT molecular complexity index is 410. The first-order chi connectivity index (χ1) is 7.72. The largest absolute Gasteiger partial charge is 0.490 e. The highest BCUT2D eigenvalue weighted by atomic mass is 35.5. The number of hydrogen-bond acceptors (Lipinski definition) is 3. The standard InChI is InChI=1S/C11H12FNO3.ClH/c12-3-4-16-10-5-9(11(14)15)13-6-8(10)7-1-2-7;/h5-7H,1-4H2,(H,14,15);1H. The lowest BCUT2D eigenvalue weighted by Gasteiger charge is -2.09. The summed E-state index contributed by atoms with van der Waals surface area (Å²) in [6.45, 7) is -0.641. The Morgan fingerprint density at radius 3 is 2.82 bits per heavy atom. The molecule has 0 atom stereocenters. The van der Waals surface area contributed by atoms with Gasteiger partial charge in [-0.05, 0) is 18.8 Å². The zero-order valence-electron chi connectivity index (χ0n) is 9.06. The van der Waals surface area contributed by atoms with Gasteiger partial charge in [-0.25, -0.2) is 14.2 Å². The predicted molar refractivity (Wildman–Crippen MR) is 61.9 cm³/mol. The molecule has 1 aromatic rings. The van der Waals surface area contributed by atoms with E-state index in [1.54, 1.807) is 0 Å². The van der Waals surface area contributed by atoms with E-state index in [9.17, 15) is 9.18 Å². The SMILES string of the molecule is Cl.O=C(O)c1cc(OCCF)c(C2CC2)cn1. The van der Waals surface area contributed by atoms with Gasteiger partial charge in [-0.15, -0.1) is 12.4 Å². The van der Waals surface area contributed by atoms with Crippen LogP contribution in [0.2, 0.25) is 0 Å². The molecule has 0 spiro atoms. The summed E-state index contributed by atoms with van der Waals surface area (Å²) >= 11 is 0. The Morgan fingerprint density at radius 1 is 1.59 bits per heavy atom. The third kappa shape index (κ3) is 3.30. The molecule has 2 rings (SSSR count). The average molecular weight is 262 g/mol. The Labute approximate surface area is 104 Å². The molecule has 0 aliphatic heterocycles. The van der Waals surface area contributed by atoms with Crippen molar-refractivity contribution in [2.75, 3.05) is 13.3 Å². The van der Waals surface area contributed by atoms with E-state index < -0.39 is 12.6 Å². The number of carbonyl (C=O) groups is 1. The van der Waals surface area contributed by atoms with Crippen LogP contribution in [-0.2, 0) is 0 Å². The van der Waals surface area contributed by atoms with Gasteiger partial charge in [0.15, 0.2) is 5.69 Å². The lowest BCUT2D eigenvalue weighted by molar-refractivity contribution is 0.0690. The fourth-order valence-corrected chi connectivity index (χ4v) is 1.54. The summed E-state index contributed by atoms with van der Waals surface area (Å²) in [7, 11) is 0. The van der Waals surface area contributed by atoms with Gasteiger partial charge in [0.2, 0.25) is 0 Å². The van der Waals surface area contributed by atoms with E-state index in [4.69, 9.17) is 9.84 Å². The summed E-state index contributed by atoms with van der Waals surface area (Å²) in [5.74, 6) is -0.259. The minimum Gasteiger partial charge on any atom is -0.490 e. The van der Waals surface area contributed by atoms with E-state index >= 15 is 0 Å². The van der Waals surface area contributed by atoms with Gasteiger partial charge in [0.1, 0.15) is 19.0 Å². The monoisotopic (exact) mass is 261 g/mol. The van der Waals surface area contributed by atoms with Crippen molar-refractivity contribution in [3.63, 3.8) is 0 Å². The Hall–Kier alpha value is -1.36. The quantitative estimate of drug-likeness (QED) is 0.884. The van der Waals surface area contributed by atoms with Crippen LogP contribution in [0, 0.1) is 0 Å². The van der Waals surface area contributed by atoms with E-state index in [-0.39, 0.29) is 24.7 Å². The number of carboxylic acids is 1. The highest BCUT2D eigenvalue weighted by molar-refractivity contribution is 5.86. The predicted octanol–water partition coefficient (Wildman–Crippen LogP) is 2.43. The summed E-state index contributed by atoms with van der Waals surface area (Å²) < 4.78 is 17.2. The van der Waals surface area contributed by atoms with Crippen molar-refractivity contribution in [1.29, 1.82) is 0 Å². The van der Waals surface area contributed by atoms with E-state index in [0.717, 1.165) is 18.4 Å². The van der Waals surface area contributed by atoms with Crippen molar-refractivity contribution in [2.24, 2.45) is 0 Å². The normalized spacial score (nSPS) is 13.9. The molecule has 1 aliphatic rings. The number of aromatic carboxylic acids is 1. The molecule has 0 radical (unpaired) electrons. The second-order valence-corrected chi connectivity index (χ2v) is 3.72. The smallest absolute Gasteiger partial charge is 0.354 e. The zero-order chi connectivity index (χ0) is 11.5. The van der Waals surface area contributed by atoms with Gasteiger partial charge in [-0.2, -0.15) is 0 Å². The Balaban J connectivity index is 0.00000144. The molecule has 6 heteroatoms. The maximum Gasteiger partial charge on any atom is 0.354 e. The van der Waals surface area contributed by atoms with Crippen LogP contribution in [0.4, 0.5) is 4.39 Å². The summed E-state index contributed by atoms with van der Waals surface area (Å²) in [6, 6.07) is 1.37. The lowest BCUT2D eigenvalue weighted by atomic mass is 10.1. The van der Waals surface area contributed by atoms with E-state index in [0.29, 0.717) is 11.7 Å². The van der Waals surface area contributed by atoms with Crippen molar-refractivity contribution in [3.8, 4) is 5.75 Å². The minimum atomic E-state index is -1.10. The zero-order valence-corrected chi connectivity index (χ0v) is 9.87. The number of carboxylic acid groups (broad SMARTS) is 1. The van der Waals surface area contributed by atoms with Crippen molar-refractivity contribution in [1.82, 2.24) is 4.98 Å². The summed E-state index contributed by atoms with van der Waals surface area (Å²) in [5, 5.41) is 8.79. The van der Waals surface area contributed by atoms with Crippen LogP contribution in [-0.4, -0.2) is 29.3 Å². The van der Waals surface area contributed by atoms with Crippen LogP contribution in [0.3, 0.4) is 0 Å². The first-order valence-electron chi connectivity index (χ1n) is 5.14. The van der Waals surface area contributed by atoms with Gasteiger partial charge in [0, 0.05) is 17.8 Å². The van der Waals surface area contributed by atoms with E-state index in [1.807, 2.05) is 0 Å². The van der Waals surface area contributed by atoms with Gasteiger partial charge in [-0.1, -0.05) is 0 Å². The van der Waals surface area contributed by atoms with Crippen molar-refractivity contribution in [2.45, 2.75) is 18.8 Å². The summed E-state index contributed by atoms with van der Waals surface area (Å²) in [5.41, 5.74) is 0.816. The number of ether oxygens (including phenoxy) is 1. The van der Waals surface area contributed by atoms with Crippen LogP contribution in [0.5, 0.6) is 5.75 Å². The maximum absolute atomic E-state index is 12.0.